The largest absolute Gasteiger partial charge is 0.481 e. The van der Waals surface area contributed by atoms with Gasteiger partial charge in [-0.1, -0.05) is 31.5 Å². The third-order valence-corrected chi connectivity index (χ3v) is 11.1. The van der Waals surface area contributed by atoms with E-state index in [0.29, 0.717) is 57.8 Å². The van der Waals surface area contributed by atoms with Crippen molar-refractivity contribution in [3.05, 3.63) is 33.4 Å². The van der Waals surface area contributed by atoms with Crippen molar-refractivity contribution in [2.75, 3.05) is 13.1 Å². The molecule has 12 heteroatoms. The molecule has 1 aliphatic carbocycles. The van der Waals surface area contributed by atoms with Crippen LogP contribution in [0.25, 0.3) is 10.4 Å². The summed E-state index contributed by atoms with van der Waals surface area (Å²) >= 11 is 7.93. The number of likely N-dealkylation sites (tertiary alicyclic amines) is 1. The quantitative estimate of drug-likeness (QED) is 0.366. The van der Waals surface area contributed by atoms with E-state index in [0.717, 1.165) is 30.6 Å². The van der Waals surface area contributed by atoms with Crippen LogP contribution in [-0.4, -0.2) is 61.7 Å². The van der Waals surface area contributed by atoms with Gasteiger partial charge in [-0.05, 0) is 70.4 Å². The number of hydrogen-bond donors (Lipinski definition) is 3. The average molecular weight is 609 g/mol. The fourth-order valence-corrected chi connectivity index (χ4v) is 7.40. The minimum absolute atomic E-state index is 0.121. The molecule has 1 saturated heterocycles. The summed E-state index contributed by atoms with van der Waals surface area (Å²) in [5.41, 5.74) is 1.01. The van der Waals surface area contributed by atoms with Gasteiger partial charge >= 0.3 is 5.97 Å². The number of benzene rings is 1. The van der Waals surface area contributed by atoms with Crippen molar-refractivity contribution in [3.63, 3.8) is 0 Å². The van der Waals surface area contributed by atoms with Gasteiger partial charge in [-0.2, -0.15) is 0 Å². The number of piperidine rings is 1. The van der Waals surface area contributed by atoms with Crippen LogP contribution in [0.1, 0.15) is 85.7 Å². The van der Waals surface area contributed by atoms with Crippen molar-refractivity contribution in [2.45, 2.75) is 83.2 Å². The van der Waals surface area contributed by atoms with Crippen LogP contribution in [0.5, 0.6) is 0 Å². The topological polar surface area (TPSA) is 129 Å². The SMILES string of the molecule is CCC(C)(C)NS(=O)c1ccc(-c2sc(C(=O)NC3CC(C(=O)O)C3)nc2C(=O)N2CCC(C)CC2)c(Cl)c1C. The molecule has 1 aromatic carbocycles. The number of carbonyl (C=O) groups is 3. The molecule has 3 N–H and O–H groups in total. The average Bonchev–Trinajstić information content (AvgIpc) is 3.32. The van der Waals surface area contributed by atoms with Gasteiger partial charge in [0.15, 0.2) is 5.01 Å². The lowest BCUT2D eigenvalue weighted by atomic mass is 9.80. The number of carbonyl (C=O) groups excluding carboxylic acids is 2. The Morgan fingerprint density at radius 2 is 1.88 bits per heavy atom. The summed E-state index contributed by atoms with van der Waals surface area (Å²) in [4.78, 5) is 45.2. The maximum atomic E-state index is 13.7. The second kappa shape index (κ2) is 12.3. The molecule has 0 spiro atoms. The number of carboxylic acid groups (broad SMARTS) is 1. The van der Waals surface area contributed by atoms with E-state index in [9.17, 15) is 18.6 Å². The fourth-order valence-electron chi connectivity index (χ4n) is 4.71. The molecule has 2 aromatic rings. The van der Waals surface area contributed by atoms with Gasteiger partial charge in [-0.15, -0.1) is 11.3 Å². The van der Waals surface area contributed by atoms with Crippen LogP contribution in [0.2, 0.25) is 5.02 Å². The van der Waals surface area contributed by atoms with E-state index in [4.69, 9.17) is 16.7 Å². The lowest BCUT2D eigenvalue weighted by Gasteiger charge is -2.32. The van der Waals surface area contributed by atoms with Crippen LogP contribution in [0.4, 0.5) is 0 Å². The van der Waals surface area contributed by atoms with E-state index in [1.54, 1.807) is 24.0 Å². The highest BCUT2D eigenvalue weighted by atomic mass is 35.5. The highest BCUT2D eigenvalue weighted by Crippen LogP contribution is 2.40. The summed E-state index contributed by atoms with van der Waals surface area (Å²) in [6, 6.07) is 3.22. The zero-order chi connectivity index (χ0) is 29.4. The molecule has 2 amide bonds. The van der Waals surface area contributed by atoms with Gasteiger partial charge in [0.2, 0.25) is 0 Å². The molecule has 1 unspecified atom stereocenters. The molecule has 0 bridgehead atoms. The zero-order valence-electron chi connectivity index (χ0n) is 23.5. The first-order chi connectivity index (χ1) is 18.8. The van der Waals surface area contributed by atoms with Crippen LogP contribution in [0, 0.1) is 18.8 Å². The molecular formula is C28H37ClN4O5S2. The predicted molar refractivity (Wildman–Crippen MR) is 157 cm³/mol. The van der Waals surface area contributed by atoms with Crippen LogP contribution in [0.15, 0.2) is 17.0 Å². The lowest BCUT2D eigenvalue weighted by Crippen LogP contribution is -2.46. The minimum atomic E-state index is -1.50. The van der Waals surface area contributed by atoms with Gasteiger partial charge in [0.25, 0.3) is 11.8 Å². The maximum absolute atomic E-state index is 13.7. The van der Waals surface area contributed by atoms with Crippen molar-refractivity contribution in [1.82, 2.24) is 19.9 Å². The molecule has 9 nitrogen and oxygen atoms in total. The van der Waals surface area contributed by atoms with Crippen molar-refractivity contribution in [3.8, 4) is 10.4 Å². The van der Waals surface area contributed by atoms with E-state index < -0.39 is 28.8 Å². The monoisotopic (exact) mass is 608 g/mol. The molecule has 2 heterocycles. The van der Waals surface area contributed by atoms with E-state index in [2.05, 4.69) is 21.9 Å². The summed E-state index contributed by atoms with van der Waals surface area (Å²) in [6.07, 6.45) is 3.31. The Bertz CT molecular complexity index is 1330. The maximum Gasteiger partial charge on any atom is 0.306 e. The molecule has 1 atom stereocenters. The van der Waals surface area contributed by atoms with Gasteiger partial charge in [-0.3, -0.25) is 14.4 Å². The number of hydrogen-bond acceptors (Lipinski definition) is 6. The molecule has 2 aliphatic rings. The highest BCUT2D eigenvalue weighted by Gasteiger charge is 2.37. The number of nitrogens with one attached hydrogen (secondary N) is 2. The van der Waals surface area contributed by atoms with Crippen molar-refractivity contribution < 1.29 is 23.7 Å². The van der Waals surface area contributed by atoms with Crippen molar-refractivity contribution in [1.29, 1.82) is 0 Å². The van der Waals surface area contributed by atoms with Gasteiger partial charge < -0.3 is 15.3 Å². The van der Waals surface area contributed by atoms with Gasteiger partial charge in [0.05, 0.1) is 20.7 Å². The normalized spacial score (nSPS) is 20.6. The minimum Gasteiger partial charge on any atom is -0.481 e. The summed E-state index contributed by atoms with van der Waals surface area (Å²) in [5.74, 6) is -1.48. The van der Waals surface area contributed by atoms with Gasteiger partial charge in [0.1, 0.15) is 16.7 Å². The molecule has 4 rings (SSSR count). The lowest BCUT2D eigenvalue weighted by molar-refractivity contribution is -0.145. The number of aliphatic carboxylic acids is 1. The molecule has 218 valence electrons. The number of nitrogens with zero attached hydrogens (tertiary/aromatic N) is 2. The van der Waals surface area contributed by atoms with Crippen molar-refractivity contribution in [2.24, 2.45) is 11.8 Å². The van der Waals surface area contributed by atoms with Crippen LogP contribution >= 0.6 is 22.9 Å². The Morgan fingerprint density at radius 1 is 1.23 bits per heavy atom. The molecule has 1 aliphatic heterocycles. The molecule has 0 radical (unpaired) electrons. The van der Waals surface area contributed by atoms with Crippen molar-refractivity contribution >= 4 is 51.7 Å². The Hall–Kier alpha value is -2.34. The van der Waals surface area contributed by atoms with Gasteiger partial charge in [-0.25, -0.2) is 13.9 Å². The third kappa shape index (κ3) is 6.58. The Kier molecular flexibility index (Phi) is 9.38. The first-order valence-electron chi connectivity index (χ1n) is 13.6. The van der Waals surface area contributed by atoms with E-state index in [1.165, 1.54) is 0 Å². The summed E-state index contributed by atoms with van der Waals surface area (Å²) in [6.45, 7) is 11.1. The zero-order valence-corrected chi connectivity index (χ0v) is 25.9. The molecule has 1 saturated carbocycles. The van der Waals surface area contributed by atoms with Crippen LogP contribution in [-0.2, 0) is 15.8 Å². The number of thiazole rings is 1. The Morgan fingerprint density at radius 3 is 2.48 bits per heavy atom. The number of halogens is 1. The van der Waals surface area contributed by atoms with E-state index in [-0.39, 0.29) is 28.2 Å². The van der Waals surface area contributed by atoms with E-state index >= 15 is 0 Å². The number of amides is 2. The smallest absolute Gasteiger partial charge is 0.306 e. The first-order valence-corrected chi connectivity index (χ1v) is 16.0. The Labute approximate surface area is 246 Å². The standard InChI is InChI=1S/C28H37ClN4O5S2/c1-6-28(4,5)32-40(38)20-8-7-19(21(29)16(20)3)23-22(26(35)33-11-9-15(2)10-12-33)31-25(39-23)24(34)30-18-13-17(14-18)27(36)37/h7-8,15,17-18,32H,6,9-14H2,1-5H3,(H,30,34)(H,36,37). The summed E-state index contributed by atoms with van der Waals surface area (Å²) < 4.78 is 16.3. The highest BCUT2D eigenvalue weighted by molar-refractivity contribution is 7.83. The molecule has 1 aromatic heterocycles. The first kappa shape index (κ1) is 30.6. The number of carboxylic acids is 1. The fraction of sp³-hybridized carbons (Fsp3) is 0.571. The van der Waals surface area contributed by atoms with E-state index in [1.807, 2.05) is 20.8 Å². The third-order valence-electron chi connectivity index (χ3n) is 7.95. The summed E-state index contributed by atoms with van der Waals surface area (Å²) in [7, 11) is -1.50. The second-order valence-corrected chi connectivity index (χ2v) is 14.1. The molecule has 40 heavy (non-hydrogen) atoms. The van der Waals surface area contributed by atoms with Crippen LogP contribution in [0.3, 0.4) is 0 Å². The Balaban J connectivity index is 1.67. The number of aromatic nitrogens is 1. The molecule has 2 fully saturated rings. The molecular weight excluding hydrogens is 572 g/mol. The second-order valence-electron chi connectivity index (χ2n) is 11.5. The predicted octanol–water partition coefficient (Wildman–Crippen LogP) is 5.04. The van der Waals surface area contributed by atoms with Crippen LogP contribution < -0.4 is 10.0 Å². The van der Waals surface area contributed by atoms with Gasteiger partial charge in [0, 0.05) is 30.2 Å². The number of rotatable bonds is 9. The summed E-state index contributed by atoms with van der Waals surface area (Å²) in [5, 5.41) is 12.5.